The van der Waals surface area contributed by atoms with E-state index in [0.717, 1.165) is 0 Å². The summed E-state index contributed by atoms with van der Waals surface area (Å²) >= 11 is 0. The van der Waals surface area contributed by atoms with Gasteiger partial charge < -0.3 is 0 Å². The molecule has 0 heterocycles. The number of rotatable bonds is 2. The molecule has 0 spiro atoms. The smallest absolute Gasteiger partial charge is 0.206 e. The molecule has 0 aromatic carbocycles. The minimum absolute atomic E-state index is 0.414. The van der Waals surface area contributed by atoms with Crippen LogP contribution in [-0.2, 0) is 0 Å². The first-order valence-electron chi connectivity index (χ1n) is 2.65. The summed E-state index contributed by atoms with van der Waals surface area (Å²) in [5.74, 6) is -1.41. The number of alkyl halides is 3. The second kappa shape index (κ2) is 3.37. The molecule has 62 valence electrons. The van der Waals surface area contributed by atoms with Gasteiger partial charge in [-0.3, -0.25) is 0 Å². The molecule has 0 saturated heterocycles. The topological polar surface area (TPSA) is 0 Å². The van der Waals surface area contributed by atoms with Crippen LogP contribution in [-0.4, -0.2) is 6.18 Å². The molecule has 0 saturated carbocycles. The average molecular weight is 166 g/mol. The monoisotopic (exact) mass is 166 g/mol. The van der Waals surface area contributed by atoms with Gasteiger partial charge in [0.05, 0.1) is 5.57 Å². The highest BCUT2D eigenvalue weighted by Crippen LogP contribution is 2.29. The second-order valence-electron chi connectivity index (χ2n) is 1.67. The molecular formula is C7H6F4. The van der Waals surface area contributed by atoms with Gasteiger partial charge >= 0.3 is 6.18 Å². The Morgan fingerprint density at radius 3 is 1.64 bits per heavy atom. The fraction of sp³-hybridized carbons (Fsp3) is 0.143. The summed E-state index contributed by atoms with van der Waals surface area (Å²) in [4.78, 5) is 0. The van der Waals surface area contributed by atoms with Crippen molar-refractivity contribution in [2.45, 2.75) is 6.18 Å². The van der Waals surface area contributed by atoms with Crippen LogP contribution in [0.25, 0.3) is 0 Å². The molecule has 0 atom stereocenters. The highest BCUT2D eigenvalue weighted by molar-refractivity contribution is 5.30. The van der Waals surface area contributed by atoms with Crippen molar-refractivity contribution in [1.29, 1.82) is 0 Å². The van der Waals surface area contributed by atoms with Gasteiger partial charge in [-0.15, -0.1) is 0 Å². The second-order valence-corrected chi connectivity index (χ2v) is 1.67. The molecule has 0 aromatic rings. The minimum atomic E-state index is -4.69. The molecule has 0 bridgehead atoms. The Labute approximate surface area is 61.5 Å². The Kier molecular flexibility index (Phi) is 3.04. The lowest BCUT2D eigenvalue weighted by Crippen LogP contribution is -2.10. The average Bonchev–Trinajstić information content (AvgIpc) is 1.86. The summed E-state index contributed by atoms with van der Waals surface area (Å²) in [5, 5.41) is 0. The van der Waals surface area contributed by atoms with E-state index in [0.29, 0.717) is 12.2 Å². The number of halogens is 4. The van der Waals surface area contributed by atoms with Crippen LogP contribution in [0.4, 0.5) is 17.6 Å². The normalized spacial score (nSPS) is 13.8. The van der Waals surface area contributed by atoms with Gasteiger partial charge in [0.15, 0.2) is 0 Å². The fourth-order valence-corrected chi connectivity index (χ4v) is 0.459. The molecule has 4 heteroatoms. The molecular weight excluding hydrogens is 160 g/mol. The third kappa shape index (κ3) is 2.57. The zero-order valence-corrected chi connectivity index (χ0v) is 5.58. The predicted molar refractivity (Wildman–Crippen MR) is 34.6 cm³/mol. The van der Waals surface area contributed by atoms with Crippen LogP contribution >= 0.6 is 0 Å². The Morgan fingerprint density at radius 1 is 1.09 bits per heavy atom. The van der Waals surface area contributed by atoms with Gasteiger partial charge in [-0.05, 0) is 6.08 Å². The summed E-state index contributed by atoms with van der Waals surface area (Å²) in [6.45, 7) is 5.69. The van der Waals surface area contributed by atoms with Gasteiger partial charge in [-0.1, -0.05) is 19.2 Å². The Bertz CT molecular complexity index is 197. The van der Waals surface area contributed by atoms with Crippen LogP contribution in [0.3, 0.4) is 0 Å². The largest absolute Gasteiger partial charge is 0.419 e. The number of allylic oxidation sites excluding steroid dienone is 4. The van der Waals surface area contributed by atoms with E-state index < -0.39 is 17.6 Å². The molecule has 0 aliphatic rings. The molecule has 0 aliphatic carbocycles. The van der Waals surface area contributed by atoms with Crippen LogP contribution in [0.15, 0.2) is 36.7 Å². The summed E-state index contributed by atoms with van der Waals surface area (Å²) < 4.78 is 47.5. The van der Waals surface area contributed by atoms with Crippen molar-refractivity contribution in [2.75, 3.05) is 0 Å². The summed E-state index contributed by atoms with van der Waals surface area (Å²) in [5.41, 5.74) is -1.40. The van der Waals surface area contributed by atoms with Gasteiger partial charge in [0.1, 0.15) is 5.83 Å². The van der Waals surface area contributed by atoms with Gasteiger partial charge in [-0.2, -0.15) is 13.2 Å². The lowest BCUT2D eigenvalue weighted by atomic mass is 10.2. The summed E-state index contributed by atoms with van der Waals surface area (Å²) in [7, 11) is 0. The molecule has 0 fully saturated rings. The third-order valence-corrected chi connectivity index (χ3v) is 0.946. The van der Waals surface area contributed by atoms with Gasteiger partial charge in [0.25, 0.3) is 0 Å². The maximum absolute atomic E-state index is 12.3. The molecule has 0 amide bonds. The van der Waals surface area contributed by atoms with Gasteiger partial charge in [0.2, 0.25) is 0 Å². The molecule has 0 rings (SSSR count). The van der Waals surface area contributed by atoms with Crippen LogP contribution in [0.5, 0.6) is 0 Å². The first kappa shape index (κ1) is 9.94. The SMILES string of the molecule is C=C/C(F)=C(\C=C)C(F)(F)F. The molecule has 0 unspecified atom stereocenters. The lowest BCUT2D eigenvalue weighted by molar-refractivity contribution is -0.0896. The van der Waals surface area contributed by atoms with Crippen molar-refractivity contribution < 1.29 is 17.6 Å². The molecule has 0 nitrogen and oxygen atoms in total. The van der Waals surface area contributed by atoms with Crippen LogP contribution in [0, 0.1) is 0 Å². The van der Waals surface area contributed by atoms with E-state index in [1.54, 1.807) is 0 Å². The third-order valence-electron chi connectivity index (χ3n) is 0.946. The van der Waals surface area contributed by atoms with E-state index in [-0.39, 0.29) is 0 Å². The Morgan fingerprint density at radius 2 is 1.55 bits per heavy atom. The summed E-state index contributed by atoms with van der Waals surface area (Å²) in [6, 6.07) is 0. The quantitative estimate of drug-likeness (QED) is 0.436. The maximum Gasteiger partial charge on any atom is 0.419 e. The zero-order chi connectivity index (χ0) is 9.07. The summed E-state index contributed by atoms with van der Waals surface area (Å²) in [6.07, 6.45) is -3.79. The van der Waals surface area contributed by atoms with E-state index in [4.69, 9.17) is 0 Å². The van der Waals surface area contributed by atoms with E-state index in [9.17, 15) is 17.6 Å². The molecule has 0 N–H and O–H groups in total. The standard InChI is InChI=1S/C7H6F4/c1-3-5(6(8)4-2)7(9,10)11/h3-4H,1-2H2/b6-5-. The first-order chi connectivity index (χ1) is 4.93. The van der Waals surface area contributed by atoms with Crippen molar-refractivity contribution in [2.24, 2.45) is 0 Å². The Balaban J connectivity index is 4.95. The lowest BCUT2D eigenvalue weighted by Gasteiger charge is -2.06. The molecule has 0 aromatic heterocycles. The molecule has 0 aliphatic heterocycles. The van der Waals surface area contributed by atoms with Crippen molar-refractivity contribution in [3.8, 4) is 0 Å². The Hall–Kier alpha value is -1.06. The van der Waals surface area contributed by atoms with E-state index in [1.807, 2.05) is 0 Å². The zero-order valence-electron chi connectivity index (χ0n) is 5.58. The van der Waals surface area contributed by atoms with Crippen molar-refractivity contribution in [1.82, 2.24) is 0 Å². The van der Waals surface area contributed by atoms with Crippen LogP contribution < -0.4 is 0 Å². The first-order valence-corrected chi connectivity index (χ1v) is 2.65. The van der Waals surface area contributed by atoms with Crippen LogP contribution in [0.1, 0.15) is 0 Å². The van der Waals surface area contributed by atoms with Crippen molar-refractivity contribution in [3.63, 3.8) is 0 Å². The minimum Gasteiger partial charge on any atom is -0.206 e. The molecule has 0 radical (unpaired) electrons. The van der Waals surface area contributed by atoms with Crippen molar-refractivity contribution in [3.05, 3.63) is 36.7 Å². The molecule has 11 heavy (non-hydrogen) atoms. The number of hydrogen-bond donors (Lipinski definition) is 0. The van der Waals surface area contributed by atoms with E-state index in [2.05, 4.69) is 13.2 Å². The van der Waals surface area contributed by atoms with Gasteiger partial charge in [-0.25, -0.2) is 4.39 Å². The predicted octanol–water partition coefficient (Wildman–Crippen LogP) is 3.14. The fourth-order valence-electron chi connectivity index (χ4n) is 0.459. The van der Waals surface area contributed by atoms with Gasteiger partial charge in [0, 0.05) is 0 Å². The van der Waals surface area contributed by atoms with Crippen molar-refractivity contribution >= 4 is 0 Å². The van der Waals surface area contributed by atoms with E-state index in [1.165, 1.54) is 0 Å². The maximum atomic E-state index is 12.3. The number of hydrogen-bond acceptors (Lipinski definition) is 0. The van der Waals surface area contributed by atoms with Crippen LogP contribution in [0.2, 0.25) is 0 Å². The highest BCUT2D eigenvalue weighted by Gasteiger charge is 2.33. The highest BCUT2D eigenvalue weighted by atomic mass is 19.4. The van der Waals surface area contributed by atoms with E-state index >= 15 is 0 Å².